The molecule has 1 heterocycles. The first kappa shape index (κ1) is 26.4. The van der Waals surface area contributed by atoms with Crippen LogP contribution >= 0.6 is 0 Å². The quantitative estimate of drug-likeness (QED) is 0.217. The lowest BCUT2D eigenvalue weighted by Crippen LogP contribution is -2.11. The molecule has 1 aromatic heterocycles. The average Bonchev–Trinajstić information content (AvgIpc) is 2.82. The Balaban J connectivity index is 1.66. The van der Waals surface area contributed by atoms with Crippen molar-refractivity contribution >= 4 is 0 Å². The van der Waals surface area contributed by atoms with Gasteiger partial charge in [0.15, 0.2) is 0 Å². The van der Waals surface area contributed by atoms with Crippen LogP contribution in [0.15, 0.2) is 42.6 Å². The van der Waals surface area contributed by atoms with Gasteiger partial charge in [-0.3, -0.25) is 4.98 Å². The van der Waals surface area contributed by atoms with Crippen LogP contribution in [0.5, 0.6) is 5.75 Å². The summed E-state index contributed by atoms with van der Waals surface area (Å²) in [6.45, 7) is 6.71. The van der Waals surface area contributed by atoms with Gasteiger partial charge >= 0.3 is 0 Å². The fourth-order valence-electron chi connectivity index (χ4n) is 4.24. The lowest BCUT2D eigenvalue weighted by Gasteiger charge is -2.15. The number of rotatable bonds is 18. The minimum absolute atomic E-state index is 0.278. The molecule has 2 nitrogen and oxygen atoms in total. The molecule has 2 rings (SSSR count). The number of hydrogen-bond donors (Lipinski definition) is 0. The van der Waals surface area contributed by atoms with E-state index >= 15 is 0 Å². The summed E-state index contributed by atoms with van der Waals surface area (Å²) in [6.07, 6.45) is 22.0. The van der Waals surface area contributed by atoms with E-state index in [0.717, 1.165) is 18.6 Å². The summed E-state index contributed by atoms with van der Waals surface area (Å²) in [5.74, 6) is 0.965. The fraction of sp³-hybridized carbons (Fsp3) is 0.633. The largest absolute Gasteiger partial charge is 0.491 e. The van der Waals surface area contributed by atoms with E-state index in [4.69, 9.17) is 9.72 Å². The monoisotopic (exact) mass is 437 g/mol. The summed E-state index contributed by atoms with van der Waals surface area (Å²) in [5.41, 5.74) is 3.60. The molecule has 2 heteroatoms. The minimum atomic E-state index is 0.278. The van der Waals surface area contributed by atoms with Crippen molar-refractivity contribution < 1.29 is 4.74 Å². The summed E-state index contributed by atoms with van der Waals surface area (Å²) in [5, 5.41) is 0. The molecule has 32 heavy (non-hydrogen) atoms. The number of nitrogens with zero attached hydrogens (tertiary/aromatic N) is 1. The third-order valence-corrected chi connectivity index (χ3v) is 6.35. The van der Waals surface area contributed by atoms with Gasteiger partial charge < -0.3 is 4.74 Å². The highest BCUT2D eigenvalue weighted by molar-refractivity contribution is 5.63. The number of hydrogen-bond acceptors (Lipinski definition) is 2. The van der Waals surface area contributed by atoms with E-state index in [2.05, 4.69) is 57.2 Å². The molecule has 0 aliphatic heterocycles. The van der Waals surface area contributed by atoms with Crippen molar-refractivity contribution in [2.75, 3.05) is 0 Å². The molecule has 2 aromatic rings. The summed E-state index contributed by atoms with van der Waals surface area (Å²) < 4.78 is 6.09. The van der Waals surface area contributed by atoms with Gasteiger partial charge in [0, 0.05) is 17.5 Å². The molecule has 0 spiro atoms. The van der Waals surface area contributed by atoms with Crippen molar-refractivity contribution in [2.45, 2.75) is 123 Å². The third-order valence-electron chi connectivity index (χ3n) is 6.35. The highest BCUT2D eigenvalue weighted by atomic mass is 16.5. The van der Waals surface area contributed by atoms with Crippen LogP contribution in [0.3, 0.4) is 0 Å². The third kappa shape index (κ3) is 11.2. The van der Waals surface area contributed by atoms with Gasteiger partial charge in [-0.25, -0.2) is 0 Å². The zero-order valence-electron chi connectivity index (χ0n) is 21.1. The number of aryl methyl sites for hydroxylation is 1. The molecular weight excluding hydrogens is 390 g/mol. The second-order valence-corrected chi connectivity index (χ2v) is 9.42. The number of unbranched alkanes of at least 4 members (excludes halogenated alkanes) is 11. The first-order valence-corrected chi connectivity index (χ1v) is 13.4. The van der Waals surface area contributed by atoms with Crippen molar-refractivity contribution in [3.8, 4) is 16.9 Å². The van der Waals surface area contributed by atoms with Crippen molar-refractivity contribution in [3.05, 3.63) is 48.3 Å². The lowest BCUT2D eigenvalue weighted by molar-refractivity contribution is 0.206. The normalized spacial score (nSPS) is 12.1. The van der Waals surface area contributed by atoms with Crippen molar-refractivity contribution in [1.29, 1.82) is 0 Å². The Morgan fingerprint density at radius 2 is 1.22 bits per heavy atom. The Morgan fingerprint density at radius 3 is 1.81 bits per heavy atom. The van der Waals surface area contributed by atoms with Crippen LogP contribution < -0.4 is 4.74 Å². The van der Waals surface area contributed by atoms with Gasteiger partial charge in [-0.15, -0.1) is 0 Å². The second kappa shape index (κ2) is 16.8. The summed E-state index contributed by atoms with van der Waals surface area (Å²) in [7, 11) is 0. The number of pyridine rings is 1. The van der Waals surface area contributed by atoms with E-state index in [1.54, 1.807) is 0 Å². The molecule has 178 valence electrons. The van der Waals surface area contributed by atoms with Crippen LogP contribution in [0, 0.1) is 0 Å². The predicted molar refractivity (Wildman–Crippen MR) is 139 cm³/mol. The molecule has 1 unspecified atom stereocenters. The van der Waals surface area contributed by atoms with Gasteiger partial charge in [-0.1, -0.05) is 103 Å². The number of aromatic nitrogens is 1. The van der Waals surface area contributed by atoms with Gasteiger partial charge in [0.1, 0.15) is 5.75 Å². The highest BCUT2D eigenvalue weighted by Gasteiger charge is 2.05. The Labute approximate surface area is 198 Å². The topological polar surface area (TPSA) is 22.1 Å². The minimum Gasteiger partial charge on any atom is -0.491 e. The van der Waals surface area contributed by atoms with Crippen LogP contribution in [-0.2, 0) is 6.42 Å². The van der Waals surface area contributed by atoms with Gasteiger partial charge in [0.25, 0.3) is 0 Å². The van der Waals surface area contributed by atoms with Crippen LogP contribution in [-0.4, -0.2) is 11.1 Å². The summed E-state index contributed by atoms with van der Waals surface area (Å²) in [4.78, 5) is 4.71. The first-order valence-electron chi connectivity index (χ1n) is 13.4. The van der Waals surface area contributed by atoms with Crippen LogP contribution in [0.2, 0.25) is 0 Å². The lowest BCUT2D eigenvalue weighted by atomic mass is 10.0. The van der Waals surface area contributed by atoms with Gasteiger partial charge in [0.2, 0.25) is 0 Å². The van der Waals surface area contributed by atoms with E-state index in [0.29, 0.717) is 0 Å². The molecular formula is C30H47NO. The van der Waals surface area contributed by atoms with Crippen molar-refractivity contribution in [3.63, 3.8) is 0 Å². The molecule has 0 fully saturated rings. The van der Waals surface area contributed by atoms with Gasteiger partial charge in [-0.2, -0.15) is 0 Å². The maximum Gasteiger partial charge on any atom is 0.119 e. The van der Waals surface area contributed by atoms with Gasteiger partial charge in [-0.05, 0) is 56.4 Å². The molecule has 1 aromatic carbocycles. The molecule has 0 radical (unpaired) electrons. The molecule has 0 bridgehead atoms. The average molecular weight is 438 g/mol. The van der Waals surface area contributed by atoms with E-state index in [1.165, 1.54) is 100 Å². The molecule has 0 saturated heterocycles. The number of ether oxygens (including phenoxy) is 1. The van der Waals surface area contributed by atoms with Crippen molar-refractivity contribution in [1.82, 2.24) is 4.98 Å². The smallest absolute Gasteiger partial charge is 0.119 e. The standard InChI is InChI=1S/C30H47NO/c1-4-6-8-10-11-12-13-14-16-18-29-22-19-28(25-31-29)27-20-23-30(24-21-27)32-26(3)17-15-9-7-5-2/h19-26H,4-18H2,1-3H3. The highest BCUT2D eigenvalue weighted by Crippen LogP contribution is 2.23. The van der Waals surface area contributed by atoms with Crippen molar-refractivity contribution in [2.24, 2.45) is 0 Å². The number of benzene rings is 1. The molecule has 0 aliphatic carbocycles. The summed E-state index contributed by atoms with van der Waals surface area (Å²) in [6, 6.07) is 12.9. The molecule has 0 amide bonds. The van der Waals surface area contributed by atoms with E-state index in [9.17, 15) is 0 Å². The Kier molecular flexibility index (Phi) is 13.8. The van der Waals surface area contributed by atoms with Crippen LogP contribution in [0.25, 0.3) is 11.1 Å². The Morgan fingerprint density at radius 1 is 0.656 bits per heavy atom. The van der Waals surface area contributed by atoms with E-state index in [-0.39, 0.29) is 6.10 Å². The fourth-order valence-corrected chi connectivity index (χ4v) is 4.24. The molecule has 0 N–H and O–H groups in total. The second-order valence-electron chi connectivity index (χ2n) is 9.42. The maximum absolute atomic E-state index is 6.09. The SMILES string of the molecule is CCCCCCCCCCCc1ccc(-c2ccc(OC(C)CCCCCC)cc2)cn1. The molecule has 1 atom stereocenters. The predicted octanol–water partition coefficient (Wildman–Crippen LogP) is 9.56. The Hall–Kier alpha value is -1.83. The van der Waals surface area contributed by atoms with Gasteiger partial charge in [0.05, 0.1) is 6.10 Å². The Bertz CT molecular complexity index is 692. The summed E-state index contributed by atoms with van der Waals surface area (Å²) >= 11 is 0. The van der Waals surface area contributed by atoms with E-state index < -0.39 is 0 Å². The zero-order chi connectivity index (χ0) is 22.9. The van der Waals surface area contributed by atoms with Crippen LogP contribution in [0.1, 0.15) is 116 Å². The zero-order valence-corrected chi connectivity index (χ0v) is 21.1. The maximum atomic E-state index is 6.09. The van der Waals surface area contributed by atoms with E-state index in [1.807, 2.05) is 6.20 Å². The molecule has 0 aliphatic rings. The molecule has 0 saturated carbocycles. The van der Waals surface area contributed by atoms with Crippen LogP contribution in [0.4, 0.5) is 0 Å². The first-order chi connectivity index (χ1) is 15.7.